The second-order valence-electron chi connectivity index (χ2n) is 15.5. The van der Waals surface area contributed by atoms with Gasteiger partial charge in [0.15, 0.2) is 5.67 Å². The van der Waals surface area contributed by atoms with Gasteiger partial charge in [0.25, 0.3) is 0 Å². The summed E-state index contributed by atoms with van der Waals surface area (Å²) in [6.45, 7) is 6.72. The van der Waals surface area contributed by atoms with Crippen LogP contribution in [0.15, 0.2) is 127 Å². The molecule has 1 fully saturated rings. The number of fused-ring (bicyclic) bond motifs is 6. The zero-order chi connectivity index (χ0) is 40.2. The van der Waals surface area contributed by atoms with Gasteiger partial charge in [0.05, 0.1) is 35.4 Å². The summed E-state index contributed by atoms with van der Waals surface area (Å²) >= 11 is 0. The van der Waals surface area contributed by atoms with E-state index < -0.39 is 11.6 Å². The van der Waals surface area contributed by atoms with Crippen LogP contribution in [0.4, 0.5) is 4.39 Å². The molecule has 8 nitrogen and oxygen atoms in total. The van der Waals surface area contributed by atoms with Crippen molar-refractivity contribution in [3.63, 3.8) is 0 Å². The predicted octanol–water partition coefficient (Wildman–Crippen LogP) is 10.1. The van der Waals surface area contributed by atoms with Crippen molar-refractivity contribution >= 4 is 49.9 Å². The lowest BCUT2D eigenvalue weighted by Crippen LogP contribution is -2.45. The Morgan fingerprint density at radius 2 is 1.57 bits per heavy atom. The number of Topliss-reactive ketones (excluding diaryl/α,β-unsaturated/α-hetero) is 1. The average Bonchev–Trinajstić information content (AvgIpc) is 3.24. The van der Waals surface area contributed by atoms with Gasteiger partial charge in [-0.2, -0.15) is 0 Å². The van der Waals surface area contributed by atoms with Crippen molar-refractivity contribution in [1.29, 1.82) is 0 Å². The van der Waals surface area contributed by atoms with Crippen molar-refractivity contribution in [3.8, 4) is 0 Å². The number of halogens is 1. The number of likely N-dealkylation sites (tertiary alicyclic amines) is 1. The molecule has 5 aromatic carbocycles. The van der Waals surface area contributed by atoms with Gasteiger partial charge in [-0.1, -0.05) is 78.9 Å². The summed E-state index contributed by atoms with van der Waals surface area (Å²) in [5.41, 5.74) is 4.33. The number of allylic oxidation sites excluding steroid dienone is 2. The summed E-state index contributed by atoms with van der Waals surface area (Å²) in [7, 11) is 0. The van der Waals surface area contributed by atoms with Crippen molar-refractivity contribution in [2.75, 3.05) is 32.8 Å². The Morgan fingerprint density at radius 3 is 2.33 bits per heavy atom. The van der Waals surface area contributed by atoms with E-state index in [2.05, 4.69) is 63.4 Å². The molecule has 2 atom stereocenters. The number of ketones is 1. The third kappa shape index (κ3) is 8.09. The Bertz CT molecular complexity index is 2550. The molecule has 0 spiro atoms. The van der Waals surface area contributed by atoms with Crippen LogP contribution in [-0.4, -0.2) is 70.2 Å². The number of benzene rings is 5. The number of aromatic carboxylic acids is 1. The standard InChI is InChI=1S/C40H42FNO3.C9H6N2O2/c1-3-44-37-24-40(41,25-38(45-4-2)39(37)29-11-6-5-7-12-29)26-42-20-18-28(19-21-42)35-22-30(43)23-36-33-15-14-27-10-8-9-13-31(27)32(33)16-17-34(35)36;12-9(13)6-1-2-7-8(5-6)11-4-3-10-7/h5-17,24,28,35H,3-4,18-23,25-26H2,1-2H3;1-5H,(H,12,13). The number of alkyl halides is 1. The zero-order valence-electron chi connectivity index (χ0n) is 33.0. The molecule has 296 valence electrons. The molecule has 3 aliphatic rings. The largest absolute Gasteiger partial charge is 0.497 e. The van der Waals surface area contributed by atoms with Crippen LogP contribution in [0.1, 0.15) is 72.5 Å². The van der Waals surface area contributed by atoms with Gasteiger partial charge in [-0.05, 0) is 114 Å². The van der Waals surface area contributed by atoms with Crippen LogP contribution < -0.4 is 0 Å². The Morgan fingerprint density at radius 1 is 0.845 bits per heavy atom. The Labute approximate surface area is 338 Å². The summed E-state index contributed by atoms with van der Waals surface area (Å²) in [6.07, 6.45) is 8.02. The van der Waals surface area contributed by atoms with E-state index in [1.807, 2.05) is 44.2 Å². The number of nitrogens with zero attached hydrogens (tertiary/aromatic N) is 3. The zero-order valence-corrected chi connectivity index (χ0v) is 33.0. The number of hydrogen-bond donors (Lipinski definition) is 1. The summed E-state index contributed by atoms with van der Waals surface area (Å²) < 4.78 is 28.9. The number of rotatable bonds is 9. The van der Waals surface area contributed by atoms with Crippen LogP contribution in [-0.2, 0) is 20.7 Å². The Hall–Kier alpha value is -5.93. The third-order valence-electron chi connectivity index (χ3n) is 11.7. The lowest BCUT2D eigenvalue weighted by atomic mass is 9.71. The fourth-order valence-corrected chi connectivity index (χ4v) is 9.17. The van der Waals surface area contributed by atoms with Gasteiger partial charge in [-0.3, -0.25) is 19.7 Å². The third-order valence-corrected chi connectivity index (χ3v) is 11.7. The van der Waals surface area contributed by atoms with Crippen LogP contribution in [0.5, 0.6) is 0 Å². The highest BCUT2D eigenvalue weighted by Crippen LogP contribution is 2.45. The Balaban J connectivity index is 0.000000306. The number of hydrogen-bond acceptors (Lipinski definition) is 7. The molecular weight excluding hydrogens is 730 g/mol. The average molecular weight is 778 g/mol. The van der Waals surface area contributed by atoms with Crippen LogP contribution in [0.25, 0.3) is 38.2 Å². The monoisotopic (exact) mass is 777 g/mol. The predicted molar refractivity (Wildman–Crippen MR) is 226 cm³/mol. The van der Waals surface area contributed by atoms with E-state index in [0.717, 1.165) is 37.1 Å². The van der Waals surface area contributed by atoms with Crippen molar-refractivity contribution in [3.05, 3.63) is 149 Å². The van der Waals surface area contributed by atoms with Gasteiger partial charge in [0.1, 0.15) is 17.3 Å². The van der Waals surface area contributed by atoms with E-state index in [9.17, 15) is 9.59 Å². The minimum absolute atomic E-state index is 0.188. The molecule has 0 bridgehead atoms. The highest BCUT2D eigenvalue weighted by Gasteiger charge is 2.41. The lowest BCUT2D eigenvalue weighted by Gasteiger charge is -2.41. The number of piperidine rings is 1. The van der Waals surface area contributed by atoms with Crippen molar-refractivity contribution in [2.45, 2.75) is 57.5 Å². The Kier molecular flexibility index (Phi) is 11.3. The van der Waals surface area contributed by atoms with E-state index in [4.69, 9.17) is 14.6 Å². The fourth-order valence-electron chi connectivity index (χ4n) is 9.17. The maximum Gasteiger partial charge on any atom is 0.335 e. The van der Waals surface area contributed by atoms with Crippen molar-refractivity contribution in [2.24, 2.45) is 5.92 Å². The molecule has 58 heavy (non-hydrogen) atoms. The van der Waals surface area contributed by atoms with Crippen LogP contribution in [0.2, 0.25) is 0 Å². The number of carbonyl (C=O) groups excluding carboxylic acids is 1. The second-order valence-corrected chi connectivity index (χ2v) is 15.5. The van der Waals surface area contributed by atoms with Gasteiger partial charge in [0, 0.05) is 38.2 Å². The van der Waals surface area contributed by atoms with Gasteiger partial charge in [-0.25, -0.2) is 9.18 Å². The van der Waals surface area contributed by atoms with E-state index in [1.54, 1.807) is 18.3 Å². The number of aromatic nitrogens is 2. The highest BCUT2D eigenvalue weighted by atomic mass is 19.1. The fraction of sp³-hybridized carbons (Fsp3) is 0.306. The molecule has 1 aliphatic heterocycles. The second kappa shape index (κ2) is 16.9. The first kappa shape index (κ1) is 38.9. The molecule has 0 amide bonds. The first-order chi connectivity index (χ1) is 28.2. The minimum Gasteiger partial charge on any atom is -0.497 e. The van der Waals surface area contributed by atoms with Crippen LogP contribution >= 0.6 is 0 Å². The molecule has 0 radical (unpaired) electrons. The van der Waals surface area contributed by atoms with Gasteiger partial charge in [-0.15, -0.1) is 0 Å². The quantitative estimate of drug-likeness (QED) is 0.145. The van der Waals surface area contributed by atoms with Gasteiger partial charge < -0.3 is 14.6 Å². The topological polar surface area (TPSA) is 102 Å². The normalized spacial score (nSPS) is 20.0. The minimum atomic E-state index is -1.59. The van der Waals surface area contributed by atoms with Gasteiger partial charge in [0.2, 0.25) is 0 Å². The summed E-state index contributed by atoms with van der Waals surface area (Å²) in [5, 5.41) is 13.6. The molecule has 2 unspecified atom stereocenters. The molecular formula is C49H48FN3O5. The van der Waals surface area contributed by atoms with E-state index in [0.29, 0.717) is 66.9 Å². The highest BCUT2D eigenvalue weighted by molar-refractivity contribution is 6.09. The van der Waals surface area contributed by atoms with Crippen molar-refractivity contribution < 1.29 is 28.6 Å². The summed E-state index contributed by atoms with van der Waals surface area (Å²) in [6, 6.07) is 32.1. The summed E-state index contributed by atoms with van der Waals surface area (Å²) in [4.78, 5) is 34.0. The molecule has 2 aliphatic carbocycles. The molecule has 9 rings (SSSR count). The van der Waals surface area contributed by atoms with Crippen LogP contribution in [0, 0.1) is 5.92 Å². The SMILES string of the molecule is CCOC1=CC(F)(CN2CCC(C3CC(=O)Cc4c3ccc3c4ccc4ccccc43)CC2)CC(OCC)=C1c1ccccc1.O=C(O)c1ccc2nccnc2c1. The number of ether oxygens (including phenoxy) is 2. The molecule has 2 heterocycles. The first-order valence-corrected chi connectivity index (χ1v) is 20.3. The summed E-state index contributed by atoms with van der Waals surface area (Å²) in [5.74, 6) is 1.23. The molecule has 1 aromatic heterocycles. The van der Waals surface area contributed by atoms with E-state index >= 15 is 4.39 Å². The van der Waals surface area contributed by atoms with Crippen LogP contribution in [0.3, 0.4) is 0 Å². The number of carboxylic acid groups (broad SMARTS) is 1. The van der Waals surface area contributed by atoms with Gasteiger partial charge >= 0.3 is 5.97 Å². The lowest BCUT2D eigenvalue weighted by molar-refractivity contribution is -0.119. The number of carbonyl (C=O) groups is 2. The maximum absolute atomic E-state index is 16.8. The molecule has 1 saturated heterocycles. The molecule has 0 saturated carbocycles. The molecule has 6 aromatic rings. The molecule has 9 heteroatoms. The molecule has 1 N–H and O–H groups in total. The maximum atomic E-state index is 16.8. The first-order valence-electron chi connectivity index (χ1n) is 20.3. The van der Waals surface area contributed by atoms with E-state index in [-0.39, 0.29) is 17.9 Å². The van der Waals surface area contributed by atoms with Crippen molar-refractivity contribution in [1.82, 2.24) is 14.9 Å². The van der Waals surface area contributed by atoms with E-state index in [1.165, 1.54) is 51.0 Å². The number of carboxylic acids is 1. The smallest absolute Gasteiger partial charge is 0.335 e.